The molecule has 0 aromatic heterocycles. The van der Waals surface area contributed by atoms with Gasteiger partial charge in [0.15, 0.2) is 0 Å². The standard InChI is InChI=1S/C16H22N4O3.ClH/c1-3-8-16(2,17)14(22)18-11-6-4-10(5-7-11)9-12-13(21)20-15(23)19-12;/h4-7,12H,3,8-9,17H2,1-2H3,(H,18,22)(H2,19,20,21,23);1H. The monoisotopic (exact) mass is 354 g/mol. The lowest BCUT2D eigenvalue weighted by atomic mass is 9.96. The number of imide groups is 1. The minimum absolute atomic E-state index is 0. The number of halogens is 1. The number of urea groups is 1. The van der Waals surface area contributed by atoms with Crippen LogP contribution in [0.4, 0.5) is 10.5 Å². The van der Waals surface area contributed by atoms with Gasteiger partial charge in [0.05, 0.1) is 5.54 Å². The highest BCUT2D eigenvalue weighted by molar-refractivity contribution is 6.04. The average molecular weight is 355 g/mol. The van der Waals surface area contributed by atoms with Crippen LogP contribution in [0.25, 0.3) is 0 Å². The summed E-state index contributed by atoms with van der Waals surface area (Å²) in [6, 6.07) is 6.09. The van der Waals surface area contributed by atoms with Gasteiger partial charge in [-0.2, -0.15) is 0 Å². The van der Waals surface area contributed by atoms with Crippen LogP contribution in [0.3, 0.4) is 0 Å². The molecule has 0 saturated carbocycles. The highest BCUT2D eigenvalue weighted by Gasteiger charge is 2.29. The molecule has 1 aliphatic heterocycles. The summed E-state index contributed by atoms with van der Waals surface area (Å²) in [5.74, 6) is -0.555. The van der Waals surface area contributed by atoms with Gasteiger partial charge < -0.3 is 16.4 Å². The number of rotatable bonds is 6. The van der Waals surface area contributed by atoms with Crippen molar-refractivity contribution >= 4 is 35.9 Å². The van der Waals surface area contributed by atoms with E-state index in [9.17, 15) is 14.4 Å². The minimum atomic E-state index is -0.903. The number of amides is 4. The number of hydrogen-bond acceptors (Lipinski definition) is 4. The maximum atomic E-state index is 12.1. The molecule has 1 heterocycles. The van der Waals surface area contributed by atoms with E-state index in [1.165, 1.54) is 0 Å². The molecule has 8 heteroatoms. The summed E-state index contributed by atoms with van der Waals surface area (Å²) < 4.78 is 0. The molecule has 0 spiro atoms. The van der Waals surface area contributed by atoms with Crippen molar-refractivity contribution in [2.75, 3.05) is 5.32 Å². The Morgan fingerprint density at radius 2 is 1.92 bits per heavy atom. The Morgan fingerprint density at radius 3 is 2.42 bits per heavy atom. The second kappa shape index (κ2) is 8.12. The van der Waals surface area contributed by atoms with Crippen molar-refractivity contribution < 1.29 is 14.4 Å². The summed E-state index contributed by atoms with van der Waals surface area (Å²) in [4.78, 5) is 34.7. The van der Waals surface area contributed by atoms with Crippen LogP contribution in [-0.2, 0) is 16.0 Å². The molecule has 24 heavy (non-hydrogen) atoms. The molecular formula is C16H23ClN4O3. The normalized spacial score (nSPS) is 18.9. The maximum absolute atomic E-state index is 12.1. The van der Waals surface area contributed by atoms with E-state index in [4.69, 9.17) is 5.73 Å². The fourth-order valence-corrected chi connectivity index (χ4v) is 2.47. The molecule has 0 aliphatic carbocycles. The lowest BCUT2D eigenvalue weighted by Crippen LogP contribution is -2.48. The molecular weight excluding hydrogens is 332 g/mol. The Morgan fingerprint density at radius 1 is 1.29 bits per heavy atom. The van der Waals surface area contributed by atoms with Gasteiger partial charge in [0.25, 0.3) is 5.91 Å². The molecule has 0 bridgehead atoms. The summed E-state index contributed by atoms with van der Waals surface area (Å²) in [7, 11) is 0. The van der Waals surface area contributed by atoms with Crippen LogP contribution in [-0.4, -0.2) is 29.4 Å². The van der Waals surface area contributed by atoms with E-state index in [0.29, 0.717) is 18.5 Å². The van der Waals surface area contributed by atoms with Gasteiger partial charge in [-0.15, -0.1) is 12.4 Å². The summed E-state index contributed by atoms with van der Waals surface area (Å²) in [5, 5.41) is 7.53. The van der Waals surface area contributed by atoms with Crippen molar-refractivity contribution in [2.24, 2.45) is 5.73 Å². The summed E-state index contributed by atoms with van der Waals surface area (Å²) >= 11 is 0. The molecule has 1 aromatic carbocycles. The smallest absolute Gasteiger partial charge is 0.322 e. The van der Waals surface area contributed by atoms with Gasteiger partial charge in [-0.25, -0.2) is 4.79 Å². The lowest BCUT2D eigenvalue weighted by Gasteiger charge is -2.22. The number of carbonyl (C=O) groups is 3. The van der Waals surface area contributed by atoms with Crippen LogP contribution in [0, 0.1) is 0 Å². The second-order valence-corrected chi connectivity index (χ2v) is 6.04. The quantitative estimate of drug-likeness (QED) is 0.577. The van der Waals surface area contributed by atoms with Gasteiger partial charge >= 0.3 is 6.03 Å². The van der Waals surface area contributed by atoms with Gasteiger partial charge in [-0.05, 0) is 31.0 Å². The molecule has 2 unspecified atom stereocenters. The van der Waals surface area contributed by atoms with Crippen LogP contribution in [0.2, 0.25) is 0 Å². The number of carbonyl (C=O) groups excluding carboxylic acids is 3. The zero-order valence-electron chi connectivity index (χ0n) is 13.7. The third-order valence-corrected chi connectivity index (χ3v) is 3.80. The number of benzene rings is 1. The summed E-state index contributed by atoms with van der Waals surface area (Å²) in [6.45, 7) is 3.69. The fraction of sp³-hybridized carbons (Fsp3) is 0.438. The first-order valence-corrected chi connectivity index (χ1v) is 7.62. The van der Waals surface area contributed by atoms with Crippen molar-refractivity contribution in [3.05, 3.63) is 29.8 Å². The van der Waals surface area contributed by atoms with Crippen molar-refractivity contribution in [1.82, 2.24) is 10.6 Å². The van der Waals surface area contributed by atoms with Gasteiger partial charge in [0.1, 0.15) is 6.04 Å². The highest BCUT2D eigenvalue weighted by Crippen LogP contribution is 2.16. The molecule has 2 rings (SSSR count). The molecule has 7 nitrogen and oxygen atoms in total. The molecule has 1 saturated heterocycles. The maximum Gasteiger partial charge on any atom is 0.322 e. The highest BCUT2D eigenvalue weighted by atomic mass is 35.5. The Labute approximate surface area is 147 Å². The minimum Gasteiger partial charge on any atom is -0.326 e. The summed E-state index contributed by atoms with van der Waals surface area (Å²) in [5.41, 5.74) is 6.61. The molecule has 132 valence electrons. The van der Waals surface area contributed by atoms with E-state index in [0.717, 1.165) is 12.0 Å². The van der Waals surface area contributed by atoms with Crippen molar-refractivity contribution in [3.8, 4) is 0 Å². The molecule has 1 fully saturated rings. The Kier molecular flexibility index (Phi) is 6.74. The van der Waals surface area contributed by atoms with E-state index in [2.05, 4.69) is 16.0 Å². The Bertz CT molecular complexity index is 616. The lowest BCUT2D eigenvalue weighted by molar-refractivity contribution is -0.121. The predicted molar refractivity (Wildman–Crippen MR) is 94.0 cm³/mol. The van der Waals surface area contributed by atoms with Gasteiger partial charge in [-0.1, -0.05) is 25.5 Å². The number of hydrogen-bond donors (Lipinski definition) is 4. The molecule has 5 N–H and O–H groups in total. The van der Waals surface area contributed by atoms with Crippen molar-refractivity contribution in [1.29, 1.82) is 0 Å². The third-order valence-electron chi connectivity index (χ3n) is 3.80. The van der Waals surface area contributed by atoms with E-state index < -0.39 is 17.6 Å². The zero-order chi connectivity index (χ0) is 17.0. The molecule has 1 aliphatic rings. The topological polar surface area (TPSA) is 113 Å². The third kappa shape index (κ3) is 4.94. The van der Waals surface area contributed by atoms with Gasteiger partial charge in [-0.3, -0.25) is 14.9 Å². The molecule has 2 atom stereocenters. The SMILES string of the molecule is CCCC(C)(N)C(=O)Nc1ccc(CC2NC(=O)NC2=O)cc1.Cl. The zero-order valence-corrected chi connectivity index (χ0v) is 14.5. The van der Waals surface area contributed by atoms with E-state index >= 15 is 0 Å². The first-order valence-electron chi connectivity index (χ1n) is 7.62. The second-order valence-electron chi connectivity index (χ2n) is 6.04. The molecule has 0 radical (unpaired) electrons. The number of nitrogens with one attached hydrogen (secondary N) is 3. The van der Waals surface area contributed by atoms with Crippen molar-refractivity contribution in [3.63, 3.8) is 0 Å². The Balaban J connectivity index is 0.00000288. The van der Waals surface area contributed by atoms with Crippen LogP contribution in [0.1, 0.15) is 32.3 Å². The predicted octanol–water partition coefficient (Wildman–Crippen LogP) is 1.31. The van der Waals surface area contributed by atoms with E-state index in [1.54, 1.807) is 31.2 Å². The van der Waals surface area contributed by atoms with Crippen LogP contribution in [0.15, 0.2) is 24.3 Å². The van der Waals surface area contributed by atoms with E-state index in [1.807, 2.05) is 6.92 Å². The number of nitrogens with two attached hydrogens (primary N) is 1. The van der Waals surface area contributed by atoms with Crippen LogP contribution < -0.4 is 21.7 Å². The number of anilines is 1. The first kappa shape index (κ1) is 19.9. The van der Waals surface area contributed by atoms with Crippen LogP contribution >= 0.6 is 12.4 Å². The van der Waals surface area contributed by atoms with Gasteiger partial charge in [0.2, 0.25) is 5.91 Å². The van der Waals surface area contributed by atoms with Gasteiger partial charge in [0, 0.05) is 12.1 Å². The van der Waals surface area contributed by atoms with Crippen molar-refractivity contribution in [2.45, 2.75) is 44.7 Å². The largest absolute Gasteiger partial charge is 0.326 e. The average Bonchev–Trinajstić information content (AvgIpc) is 2.79. The molecule has 1 aromatic rings. The van der Waals surface area contributed by atoms with E-state index in [-0.39, 0.29) is 24.2 Å². The molecule has 4 amide bonds. The fourth-order valence-electron chi connectivity index (χ4n) is 2.47. The first-order chi connectivity index (χ1) is 10.8. The summed E-state index contributed by atoms with van der Waals surface area (Å²) in [6.07, 6.45) is 1.83. The Hall–Kier alpha value is -2.12. The van der Waals surface area contributed by atoms with Crippen LogP contribution in [0.5, 0.6) is 0 Å².